The van der Waals surface area contributed by atoms with Crippen LogP contribution in [0.3, 0.4) is 0 Å². The van der Waals surface area contributed by atoms with Crippen molar-refractivity contribution in [2.45, 2.75) is 20.3 Å². The van der Waals surface area contributed by atoms with E-state index in [9.17, 15) is 4.79 Å². The van der Waals surface area contributed by atoms with E-state index >= 15 is 0 Å². The monoisotopic (exact) mass is 233 g/mol. The molecule has 0 heterocycles. The average Bonchev–Trinajstić information content (AvgIpc) is 2.29. The lowest BCUT2D eigenvalue weighted by atomic mass is 9.92. The zero-order valence-electron chi connectivity index (χ0n) is 9.93. The first-order valence-electron chi connectivity index (χ1n) is 5.33. The second kappa shape index (κ2) is 5.35. The highest BCUT2D eigenvalue weighted by atomic mass is 16.5. The molecular weight excluding hydrogens is 218 g/mol. The van der Waals surface area contributed by atoms with Crippen molar-refractivity contribution in [3.8, 4) is 11.8 Å². The smallest absolute Gasteiger partial charge is 0.339 e. The summed E-state index contributed by atoms with van der Waals surface area (Å²) in [6.07, 6.45) is 0.553. The van der Waals surface area contributed by atoms with Gasteiger partial charge in [0, 0.05) is 0 Å². The van der Waals surface area contributed by atoms with Crippen LogP contribution in [0.2, 0.25) is 0 Å². The molecule has 1 aromatic rings. The Morgan fingerprint density at radius 3 is 2.71 bits per heavy atom. The van der Waals surface area contributed by atoms with E-state index in [1.807, 2.05) is 13.8 Å². The summed E-state index contributed by atoms with van der Waals surface area (Å²) in [5.41, 5.74) is -0.319. The van der Waals surface area contributed by atoms with Crippen LogP contribution in [-0.4, -0.2) is 17.7 Å². The van der Waals surface area contributed by atoms with Gasteiger partial charge in [0.05, 0.1) is 18.1 Å². The lowest BCUT2D eigenvalue weighted by Gasteiger charge is -2.15. The van der Waals surface area contributed by atoms with Crippen molar-refractivity contribution in [1.29, 1.82) is 5.26 Å². The topological polar surface area (TPSA) is 70.3 Å². The van der Waals surface area contributed by atoms with Crippen LogP contribution in [0.4, 0.5) is 0 Å². The molecule has 4 heteroatoms. The summed E-state index contributed by atoms with van der Waals surface area (Å²) in [6, 6.07) is 8.64. The van der Waals surface area contributed by atoms with Crippen LogP contribution in [0.25, 0.3) is 0 Å². The number of carboxylic acid groups (broad SMARTS) is 1. The number of benzene rings is 1. The summed E-state index contributed by atoms with van der Waals surface area (Å²) < 4.78 is 5.40. The molecule has 0 aliphatic heterocycles. The van der Waals surface area contributed by atoms with Crippen molar-refractivity contribution in [3.63, 3.8) is 0 Å². The second-order valence-corrected chi connectivity index (χ2v) is 4.40. The molecule has 1 aromatic carbocycles. The quantitative estimate of drug-likeness (QED) is 0.848. The molecule has 4 nitrogen and oxygen atoms in total. The van der Waals surface area contributed by atoms with Gasteiger partial charge in [-0.1, -0.05) is 12.1 Å². The summed E-state index contributed by atoms with van der Waals surface area (Å²) in [4.78, 5) is 10.9. The Morgan fingerprint density at radius 2 is 2.12 bits per heavy atom. The molecule has 0 saturated heterocycles. The second-order valence-electron chi connectivity index (χ2n) is 4.40. The lowest BCUT2D eigenvalue weighted by molar-refractivity contribution is 0.0692. The zero-order chi connectivity index (χ0) is 12.9. The molecule has 0 unspecified atom stereocenters. The fraction of sp³-hybridized carbons (Fsp3) is 0.385. The molecule has 0 radical (unpaired) electrons. The Labute approximate surface area is 100 Å². The average molecular weight is 233 g/mol. The third-order valence-corrected chi connectivity index (χ3v) is 2.40. The largest absolute Gasteiger partial charge is 0.493 e. The number of carbonyl (C=O) groups is 1. The normalized spacial score (nSPS) is 10.6. The summed E-state index contributed by atoms with van der Waals surface area (Å²) in [5.74, 6) is -0.672. The highest BCUT2D eigenvalue weighted by molar-refractivity contribution is 5.90. The molecule has 0 bridgehead atoms. The Balaban J connectivity index is 2.65. The number of carboxylic acids is 1. The van der Waals surface area contributed by atoms with E-state index in [1.165, 1.54) is 6.07 Å². The lowest BCUT2D eigenvalue weighted by Crippen LogP contribution is -2.14. The van der Waals surface area contributed by atoms with Gasteiger partial charge >= 0.3 is 5.97 Å². The summed E-state index contributed by atoms with van der Waals surface area (Å²) in [7, 11) is 0. The van der Waals surface area contributed by atoms with Gasteiger partial charge in [0.2, 0.25) is 0 Å². The molecule has 0 aliphatic rings. The van der Waals surface area contributed by atoms with Crippen LogP contribution in [0.15, 0.2) is 24.3 Å². The number of para-hydroxylation sites is 1. The molecule has 1 N–H and O–H groups in total. The number of nitriles is 1. The standard InChI is InChI=1S/C13H15NO3/c1-13(2,9-14)7-8-17-11-6-4-3-5-10(11)12(15)16/h3-6H,7-8H2,1-2H3,(H,15,16). The minimum Gasteiger partial charge on any atom is -0.493 e. The van der Waals surface area contributed by atoms with Crippen LogP contribution >= 0.6 is 0 Å². The van der Waals surface area contributed by atoms with Gasteiger partial charge in [-0.25, -0.2) is 4.79 Å². The SMILES string of the molecule is CC(C)(C#N)CCOc1ccccc1C(=O)O. The Hall–Kier alpha value is -2.02. The number of rotatable bonds is 5. The number of hydrogen-bond acceptors (Lipinski definition) is 3. The molecule has 90 valence electrons. The molecule has 0 spiro atoms. The highest BCUT2D eigenvalue weighted by Crippen LogP contribution is 2.22. The molecular formula is C13H15NO3. The van der Waals surface area contributed by atoms with E-state index in [2.05, 4.69) is 6.07 Å². The van der Waals surface area contributed by atoms with Crippen LogP contribution in [-0.2, 0) is 0 Å². The third kappa shape index (κ3) is 3.80. The van der Waals surface area contributed by atoms with Gasteiger partial charge in [0.25, 0.3) is 0 Å². The summed E-state index contributed by atoms with van der Waals surface area (Å²) >= 11 is 0. The summed E-state index contributed by atoms with van der Waals surface area (Å²) in [6.45, 7) is 3.96. The molecule has 0 atom stereocenters. The maximum atomic E-state index is 10.9. The van der Waals surface area contributed by atoms with E-state index in [-0.39, 0.29) is 5.56 Å². The maximum Gasteiger partial charge on any atom is 0.339 e. The molecule has 0 aromatic heterocycles. The van der Waals surface area contributed by atoms with Crippen molar-refractivity contribution >= 4 is 5.97 Å². The fourth-order valence-electron chi connectivity index (χ4n) is 1.24. The van der Waals surface area contributed by atoms with Crippen molar-refractivity contribution < 1.29 is 14.6 Å². The zero-order valence-corrected chi connectivity index (χ0v) is 9.93. The Kier molecular flexibility index (Phi) is 4.11. The van der Waals surface area contributed by atoms with Gasteiger partial charge in [-0.2, -0.15) is 5.26 Å². The van der Waals surface area contributed by atoms with Crippen LogP contribution < -0.4 is 4.74 Å². The molecule has 17 heavy (non-hydrogen) atoms. The first-order valence-corrected chi connectivity index (χ1v) is 5.33. The Morgan fingerprint density at radius 1 is 1.47 bits per heavy atom. The minimum absolute atomic E-state index is 0.141. The van der Waals surface area contributed by atoms with Crippen molar-refractivity contribution in [3.05, 3.63) is 29.8 Å². The fourth-order valence-corrected chi connectivity index (χ4v) is 1.24. The van der Waals surface area contributed by atoms with Crippen LogP contribution in [0.1, 0.15) is 30.6 Å². The minimum atomic E-state index is -1.01. The van der Waals surface area contributed by atoms with Gasteiger partial charge in [-0.15, -0.1) is 0 Å². The first kappa shape index (κ1) is 13.0. The van der Waals surface area contributed by atoms with Crippen molar-refractivity contribution in [2.75, 3.05) is 6.61 Å². The van der Waals surface area contributed by atoms with Gasteiger partial charge in [-0.05, 0) is 32.4 Å². The van der Waals surface area contributed by atoms with Gasteiger partial charge in [-0.3, -0.25) is 0 Å². The van der Waals surface area contributed by atoms with E-state index in [4.69, 9.17) is 15.1 Å². The van der Waals surface area contributed by atoms with E-state index < -0.39 is 11.4 Å². The van der Waals surface area contributed by atoms with Crippen LogP contribution in [0.5, 0.6) is 5.75 Å². The van der Waals surface area contributed by atoms with Crippen LogP contribution in [0, 0.1) is 16.7 Å². The number of nitrogens with zero attached hydrogens (tertiary/aromatic N) is 1. The maximum absolute atomic E-state index is 10.9. The molecule has 0 amide bonds. The summed E-state index contributed by atoms with van der Waals surface area (Å²) in [5, 5.41) is 17.8. The Bertz CT molecular complexity index is 446. The predicted molar refractivity (Wildman–Crippen MR) is 62.9 cm³/mol. The van der Waals surface area contributed by atoms with Gasteiger partial charge in [0.1, 0.15) is 11.3 Å². The predicted octanol–water partition coefficient (Wildman–Crippen LogP) is 2.70. The number of aromatic carboxylic acids is 1. The molecule has 1 rings (SSSR count). The third-order valence-electron chi connectivity index (χ3n) is 2.40. The molecule has 0 aliphatic carbocycles. The van der Waals surface area contributed by atoms with Crippen molar-refractivity contribution in [2.24, 2.45) is 5.41 Å². The van der Waals surface area contributed by atoms with E-state index in [1.54, 1.807) is 18.2 Å². The highest BCUT2D eigenvalue weighted by Gasteiger charge is 2.17. The van der Waals surface area contributed by atoms with Gasteiger partial charge < -0.3 is 9.84 Å². The van der Waals surface area contributed by atoms with E-state index in [0.717, 1.165) is 0 Å². The van der Waals surface area contributed by atoms with Gasteiger partial charge in [0.15, 0.2) is 0 Å². The van der Waals surface area contributed by atoms with E-state index in [0.29, 0.717) is 18.8 Å². The molecule has 0 saturated carbocycles. The first-order chi connectivity index (χ1) is 7.96. The molecule has 0 fully saturated rings. The van der Waals surface area contributed by atoms with Crippen molar-refractivity contribution in [1.82, 2.24) is 0 Å². The number of hydrogen-bond donors (Lipinski definition) is 1. The number of ether oxygens (including phenoxy) is 1.